The van der Waals surface area contributed by atoms with Crippen LogP contribution in [0.25, 0.3) is 0 Å². The molecule has 1 amide bonds. The minimum absolute atomic E-state index is 0. The fourth-order valence-corrected chi connectivity index (χ4v) is 1.43. The number of rotatable bonds is 5. The number of amides is 1. The Morgan fingerprint density at radius 3 is 2.59 bits per heavy atom. The average Bonchev–Trinajstić information content (AvgIpc) is 2.31. The number of anilines is 1. The van der Waals surface area contributed by atoms with Gasteiger partial charge in [0.05, 0.1) is 0 Å². The Bertz CT molecular complexity index is 355. The van der Waals surface area contributed by atoms with E-state index in [1.807, 2.05) is 45.2 Å². The van der Waals surface area contributed by atoms with E-state index >= 15 is 0 Å². The summed E-state index contributed by atoms with van der Waals surface area (Å²) >= 11 is 0. The SMILES string of the molecule is CCC(C)C(=O)Nc1ccccc1CNC.Cl. The molecule has 3 nitrogen and oxygen atoms in total. The van der Waals surface area contributed by atoms with E-state index in [-0.39, 0.29) is 24.2 Å². The Kier molecular flexibility index (Phi) is 7.59. The lowest BCUT2D eigenvalue weighted by atomic mass is 10.1. The molecule has 1 unspecified atom stereocenters. The monoisotopic (exact) mass is 256 g/mol. The second kappa shape index (κ2) is 8.09. The molecule has 2 N–H and O–H groups in total. The summed E-state index contributed by atoms with van der Waals surface area (Å²) in [5.41, 5.74) is 2.02. The van der Waals surface area contributed by atoms with Gasteiger partial charge in [0, 0.05) is 18.2 Å². The lowest BCUT2D eigenvalue weighted by Gasteiger charge is -2.13. The fraction of sp³-hybridized carbons (Fsp3) is 0.462. The maximum Gasteiger partial charge on any atom is 0.227 e. The summed E-state index contributed by atoms with van der Waals surface area (Å²) in [7, 11) is 1.90. The standard InChI is InChI=1S/C13H20N2O.ClH/c1-4-10(2)13(16)15-12-8-6-5-7-11(12)9-14-3;/h5-8,10,14H,4,9H2,1-3H3,(H,15,16);1H. The molecule has 4 heteroatoms. The Morgan fingerprint density at radius 1 is 1.35 bits per heavy atom. The van der Waals surface area contributed by atoms with Crippen molar-refractivity contribution >= 4 is 24.0 Å². The first kappa shape index (κ1) is 15.9. The predicted molar refractivity (Wildman–Crippen MR) is 74.5 cm³/mol. The van der Waals surface area contributed by atoms with Crippen LogP contribution in [-0.4, -0.2) is 13.0 Å². The Hall–Kier alpha value is -1.06. The molecule has 1 aromatic carbocycles. The zero-order valence-corrected chi connectivity index (χ0v) is 11.4. The van der Waals surface area contributed by atoms with Gasteiger partial charge >= 0.3 is 0 Å². The van der Waals surface area contributed by atoms with E-state index in [9.17, 15) is 4.79 Å². The highest BCUT2D eigenvalue weighted by Gasteiger charge is 2.11. The van der Waals surface area contributed by atoms with Crippen molar-refractivity contribution in [3.05, 3.63) is 29.8 Å². The third-order valence-corrected chi connectivity index (χ3v) is 2.70. The lowest BCUT2D eigenvalue weighted by molar-refractivity contribution is -0.119. The quantitative estimate of drug-likeness (QED) is 0.851. The number of benzene rings is 1. The third-order valence-electron chi connectivity index (χ3n) is 2.70. The van der Waals surface area contributed by atoms with E-state index in [1.165, 1.54) is 0 Å². The van der Waals surface area contributed by atoms with Crippen LogP contribution in [0.4, 0.5) is 5.69 Å². The van der Waals surface area contributed by atoms with Gasteiger partial charge in [-0.05, 0) is 25.1 Å². The number of hydrogen-bond acceptors (Lipinski definition) is 2. The van der Waals surface area contributed by atoms with Gasteiger partial charge in [-0.25, -0.2) is 0 Å². The van der Waals surface area contributed by atoms with Crippen molar-refractivity contribution in [2.24, 2.45) is 5.92 Å². The van der Waals surface area contributed by atoms with Gasteiger partial charge in [-0.1, -0.05) is 32.0 Å². The van der Waals surface area contributed by atoms with Crippen LogP contribution < -0.4 is 10.6 Å². The summed E-state index contributed by atoms with van der Waals surface area (Å²) in [6.45, 7) is 4.72. The maximum atomic E-state index is 11.8. The smallest absolute Gasteiger partial charge is 0.227 e. The van der Waals surface area contributed by atoms with Crippen molar-refractivity contribution in [2.75, 3.05) is 12.4 Å². The zero-order valence-electron chi connectivity index (χ0n) is 10.6. The van der Waals surface area contributed by atoms with Crippen molar-refractivity contribution < 1.29 is 4.79 Å². The largest absolute Gasteiger partial charge is 0.326 e. The lowest BCUT2D eigenvalue weighted by Crippen LogP contribution is -2.21. The second-order valence-corrected chi connectivity index (χ2v) is 3.99. The normalized spacial score (nSPS) is 11.5. The molecule has 0 aliphatic rings. The summed E-state index contributed by atoms with van der Waals surface area (Å²) in [6.07, 6.45) is 0.861. The Morgan fingerprint density at radius 2 is 2.00 bits per heavy atom. The molecule has 17 heavy (non-hydrogen) atoms. The molecule has 1 rings (SSSR count). The first-order valence-corrected chi connectivity index (χ1v) is 5.72. The molecule has 0 heterocycles. The topological polar surface area (TPSA) is 41.1 Å². The summed E-state index contributed by atoms with van der Waals surface area (Å²) in [5, 5.41) is 6.06. The molecule has 0 aromatic heterocycles. The van der Waals surface area contributed by atoms with Gasteiger partial charge in [-0.3, -0.25) is 4.79 Å². The first-order chi connectivity index (χ1) is 7.69. The van der Waals surface area contributed by atoms with E-state index in [1.54, 1.807) is 0 Å². The van der Waals surface area contributed by atoms with E-state index in [2.05, 4.69) is 10.6 Å². The molecule has 0 bridgehead atoms. The molecule has 0 saturated carbocycles. The number of carbonyl (C=O) groups excluding carboxylic acids is 1. The molecule has 0 fully saturated rings. The zero-order chi connectivity index (χ0) is 12.0. The minimum Gasteiger partial charge on any atom is -0.326 e. The van der Waals surface area contributed by atoms with Crippen LogP contribution in [0, 0.1) is 5.92 Å². The molecular weight excluding hydrogens is 236 g/mol. The fourth-order valence-electron chi connectivity index (χ4n) is 1.43. The number of para-hydroxylation sites is 1. The highest BCUT2D eigenvalue weighted by molar-refractivity contribution is 5.92. The van der Waals surface area contributed by atoms with E-state index in [4.69, 9.17) is 0 Å². The van der Waals surface area contributed by atoms with E-state index < -0.39 is 0 Å². The minimum atomic E-state index is 0. The molecule has 1 aromatic rings. The summed E-state index contributed by atoms with van der Waals surface area (Å²) in [5.74, 6) is 0.147. The van der Waals surface area contributed by atoms with Crippen LogP contribution in [0.5, 0.6) is 0 Å². The summed E-state index contributed by atoms with van der Waals surface area (Å²) in [4.78, 5) is 11.8. The van der Waals surface area contributed by atoms with Crippen LogP contribution in [-0.2, 0) is 11.3 Å². The molecule has 0 saturated heterocycles. The van der Waals surface area contributed by atoms with Gasteiger partial charge in [0.1, 0.15) is 0 Å². The van der Waals surface area contributed by atoms with Crippen molar-refractivity contribution in [3.63, 3.8) is 0 Å². The predicted octanol–water partition coefficient (Wildman–Crippen LogP) is 2.81. The van der Waals surface area contributed by atoms with Gasteiger partial charge in [0.2, 0.25) is 5.91 Å². The molecule has 0 aliphatic carbocycles. The Balaban J connectivity index is 0.00000256. The highest BCUT2D eigenvalue weighted by Crippen LogP contribution is 2.16. The van der Waals surface area contributed by atoms with Crippen LogP contribution >= 0.6 is 12.4 Å². The number of halogens is 1. The molecule has 0 aliphatic heterocycles. The average molecular weight is 257 g/mol. The molecule has 0 radical (unpaired) electrons. The van der Waals surface area contributed by atoms with Crippen LogP contribution in [0.3, 0.4) is 0 Å². The summed E-state index contributed by atoms with van der Waals surface area (Å²) < 4.78 is 0. The third kappa shape index (κ3) is 4.75. The van der Waals surface area contributed by atoms with Crippen molar-refractivity contribution in [3.8, 4) is 0 Å². The van der Waals surface area contributed by atoms with Gasteiger partial charge in [0.25, 0.3) is 0 Å². The van der Waals surface area contributed by atoms with Crippen LogP contribution in [0.2, 0.25) is 0 Å². The molecule has 96 valence electrons. The van der Waals surface area contributed by atoms with Gasteiger partial charge < -0.3 is 10.6 Å². The van der Waals surface area contributed by atoms with Crippen LogP contribution in [0.15, 0.2) is 24.3 Å². The molecule has 1 atom stereocenters. The van der Waals surface area contributed by atoms with E-state index in [0.717, 1.165) is 24.2 Å². The van der Waals surface area contributed by atoms with Crippen molar-refractivity contribution in [1.82, 2.24) is 5.32 Å². The van der Waals surface area contributed by atoms with Crippen molar-refractivity contribution in [1.29, 1.82) is 0 Å². The summed E-state index contributed by atoms with van der Waals surface area (Å²) in [6, 6.07) is 7.87. The first-order valence-electron chi connectivity index (χ1n) is 5.72. The highest BCUT2D eigenvalue weighted by atomic mass is 35.5. The van der Waals surface area contributed by atoms with Crippen molar-refractivity contribution in [2.45, 2.75) is 26.8 Å². The number of nitrogens with one attached hydrogen (secondary N) is 2. The number of carbonyl (C=O) groups is 1. The van der Waals surface area contributed by atoms with Gasteiger partial charge in [0.15, 0.2) is 0 Å². The van der Waals surface area contributed by atoms with Gasteiger partial charge in [-0.15, -0.1) is 12.4 Å². The van der Waals surface area contributed by atoms with Gasteiger partial charge in [-0.2, -0.15) is 0 Å². The molecular formula is C13H21ClN2O. The van der Waals surface area contributed by atoms with Crippen LogP contribution in [0.1, 0.15) is 25.8 Å². The maximum absolute atomic E-state index is 11.8. The van der Waals surface area contributed by atoms with E-state index in [0.29, 0.717) is 0 Å². The number of hydrogen-bond donors (Lipinski definition) is 2. The Labute approximate surface area is 109 Å². The molecule has 0 spiro atoms. The second-order valence-electron chi connectivity index (χ2n) is 3.99.